The van der Waals surface area contributed by atoms with Crippen LogP contribution in [-0.2, 0) is 26.2 Å². The zero-order chi connectivity index (χ0) is 29.3. The lowest BCUT2D eigenvalue weighted by Gasteiger charge is -2.33. The number of aryl methyl sites for hydroxylation is 1. The minimum Gasteiger partial charge on any atom is -0.496 e. The van der Waals surface area contributed by atoms with Crippen LogP contribution < -0.4 is 9.64 Å². The van der Waals surface area contributed by atoms with Gasteiger partial charge in [-0.3, -0.25) is 9.69 Å². The maximum absolute atomic E-state index is 13.2. The predicted octanol–water partition coefficient (Wildman–Crippen LogP) is 6.20. The Morgan fingerprint density at radius 1 is 1.07 bits per heavy atom. The minimum absolute atomic E-state index is 0.182. The monoisotopic (exact) mass is 557 g/mol. The van der Waals surface area contributed by atoms with Gasteiger partial charge in [-0.05, 0) is 55.7 Å². The third kappa shape index (κ3) is 5.73. The fourth-order valence-electron chi connectivity index (χ4n) is 5.62. The number of esters is 1. The van der Waals surface area contributed by atoms with E-state index >= 15 is 0 Å². The Balaban J connectivity index is 1.54. The summed E-state index contributed by atoms with van der Waals surface area (Å²) in [5.74, 6) is 1.32. The molecule has 0 spiro atoms. The van der Waals surface area contributed by atoms with Crippen molar-refractivity contribution in [2.45, 2.75) is 64.6 Å². The molecule has 3 aromatic rings. The Bertz CT molecular complexity index is 1450. The number of cyclic esters (lactones) is 1. The van der Waals surface area contributed by atoms with Crippen LogP contribution in [0.1, 0.15) is 62.1 Å². The second-order valence-electron chi connectivity index (χ2n) is 11.6. The maximum Gasteiger partial charge on any atom is 0.411 e. The number of aromatic nitrogens is 1. The van der Waals surface area contributed by atoms with Crippen LogP contribution in [-0.4, -0.2) is 55.3 Å². The number of ether oxygens (including phenoxy) is 3. The molecule has 41 heavy (non-hydrogen) atoms. The van der Waals surface area contributed by atoms with E-state index in [4.69, 9.17) is 19.2 Å². The molecule has 0 aliphatic carbocycles. The fourth-order valence-corrected chi connectivity index (χ4v) is 5.62. The third-order valence-corrected chi connectivity index (χ3v) is 8.31. The second kappa shape index (κ2) is 11.4. The molecule has 2 aliphatic heterocycles. The van der Waals surface area contributed by atoms with E-state index in [0.717, 1.165) is 58.8 Å². The molecule has 0 bridgehead atoms. The Labute approximate surface area is 242 Å². The summed E-state index contributed by atoms with van der Waals surface area (Å²) in [7, 11) is 3.05. The summed E-state index contributed by atoms with van der Waals surface area (Å²) in [5, 5.41) is 0. The van der Waals surface area contributed by atoms with Crippen LogP contribution in [0.4, 0.5) is 10.6 Å². The summed E-state index contributed by atoms with van der Waals surface area (Å²) in [4.78, 5) is 34.5. The number of carbonyl (C=O) groups excluding carboxylic acids is 2. The van der Waals surface area contributed by atoms with E-state index in [9.17, 15) is 9.59 Å². The quantitative estimate of drug-likeness (QED) is 0.290. The van der Waals surface area contributed by atoms with Crippen molar-refractivity contribution in [2.75, 3.05) is 32.2 Å². The van der Waals surface area contributed by atoms with E-state index in [1.54, 1.807) is 12.0 Å². The number of amides is 1. The molecule has 5 rings (SSSR count). The first-order valence-electron chi connectivity index (χ1n) is 14.2. The third-order valence-electron chi connectivity index (χ3n) is 8.31. The van der Waals surface area contributed by atoms with Gasteiger partial charge in [-0.2, -0.15) is 0 Å². The van der Waals surface area contributed by atoms with Gasteiger partial charge in [0.25, 0.3) is 0 Å². The highest BCUT2D eigenvalue weighted by atomic mass is 16.6. The van der Waals surface area contributed by atoms with Crippen molar-refractivity contribution in [3.8, 4) is 16.9 Å². The Morgan fingerprint density at radius 3 is 2.51 bits per heavy atom. The van der Waals surface area contributed by atoms with Crippen LogP contribution >= 0.6 is 0 Å². The summed E-state index contributed by atoms with van der Waals surface area (Å²) in [6.45, 7) is 10.3. The number of rotatable bonds is 9. The molecule has 2 aromatic carbocycles. The van der Waals surface area contributed by atoms with Crippen molar-refractivity contribution in [3.05, 3.63) is 77.0 Å². The second-order valence-corrected chi connectivity index (χ2v) is 11.6. The zero-order valence-electron chi connectivity index (χ0n) is 24.8. The number of methoxy groups -OCH3 is 2. The van der Waals surface area contributed by atoms with Crippen molar-refractivity contribution in [1.29, 1.82) is 0 Å². The smallest absolute Gasteiger partial charge is 0.411 e. The molecule has 8 nitrogen and oxygen atoms in total. The number of carbonyl (C=O) groups is 2. The van der Waals surface area contributed by atoms with E-state index in [0.29, 0.717) is 5.75 Å². The number of hydrogen-bond donors (Lipinski definition) is 0. The van der Waals surface area contributed by atoms with Crippen molar-refractivity contribution in [1.82, 2.24) is 9.88 Å². The average molecular weight is 558 g/mol. The molecule has 0 N–H and O–H groups in total. The summed E-state index contributed by atoms with van der Waals surface area (Å²) < 4.78 is 16.6. The molecular formula is C33H39N3O5. The Hall–Kier alpha value is -4.07. The standard InChI is InChI=1S/C33H39N3O5/c1-21-9-7-10-23(17-21)31-22(2)36(32(38)41-31)20-27-25(12-14-29(34-27)35-15-8-16-35)26-18-24(11-13-28(26)39-5)33(3,4)19-30(37)40-6/h7,9-14,17-18,22,31H,8,15-16,19-20H2,1-6H3/t22-,31-/m0/s1. The first-order valence-corrected chi connectivity index (χ1v) is 14.2. The lowest BCUT2D eigenvalue weighted by atomic mass is 9.80. The lowest BCUT2D eigenvalue weighted by molar-refractivity contribution is -0.141. The van der Waals surface area contributed by atoms with Gasteiger partial charge in [0.15, 0.2) is 0 Å². The molecule has 0 unspecified atom stereocenters. The molecule has 8 heteroatoms. The number of benzene rings is 2. The maximum atomic E-state index is 13.2. The predicted molar refractivity (Wildman–Crippen MR) is 158 cm³/mol. The number of nitrogens with zero attached hydrogens (tertiary/aromatic N) is 3. The van der Waals surface area contributed by atoms with Gasteiger partial charge in [-0.1, -0.05) is 49.7 Å². The van der Waals surface area contributed by atoms with Gasteiger partial charge in [0.1, 0.15) is 17.7 Å². The van der Waals surface area contributed by atoms with Crippen molar-refractivity contribution < 1.29 is 23.8 Å². The highest BCUT2D eigenvalue weighted by molar-refractivity contribution is 5.77. The van der Waals surface area contributed by atoms with Gasteiger partial charge in [0.2, 0.25) is 0 Å². The summed E-state index contributed by atoms with van der Waals surface area (Å²) in [6, 6.07) is 18.0. The van der Waals surface area contributed by atoms with Crippen LogP contribution in [0.3, 0.4) is 0 Å². The number of hydrogen-bond acceptors (Lipinski definition) is 7. The SMILES string of the molecule is COC(=O)CC(C)(C)c1ccc(OC)c(-c2ccc(N3CCC3)nc2CN2C(=O)O[C@H](c3cccc(C)c3)[C@@H]2C)c1. The van der Waals surface area contributed by atoms with Crippen molar-refractivity contribution in [3.63, 3.8) is 0 Å². The molecule has 0 saturated carbocycles. The summed E-state index contributed by atoms with van der Waals surface area (Å²) in [5.41, 5.74) is 5.12. The van der Waals surface area contributed by atoms with Crippen LogP contribution in [0.2, 0.25) is 0 Å². The van der Waals surface area contributed by atoms with E-state index in [2.05, 4.69) is 23.1 Å². The number of anilines is 1. The van der Waals surface area contributed by atoms with Crippen molar-refractivity contribution in [2.24, 2.45) is 0 Å². The fraction of sp³-hybridized carbons (Fsp3) is 0.424. The molecule has 1 amide bonds. The van der Waals surface area contributed by atoms with Crippen LogP contribution in [0.25, 0.3) is 11.1 Å². The molecule has 2 aliphatic rings. The van der Waals surface area contributed by atoms with Crippen LogP contribution in [0, 0.1) is 6.92 Å². The highest BCUT2D eigenvalue weighted by Gasteiger charge is 2.40. The zero-order valence-corrected chi connectivity index (χ0v) is 24.8. The van der Waals surface area contributed by atoms with Crippen molar-refractivity contribution >= 4 is 17.9 Å². The molecule has 3 heterocycles. The van der Waals surface area contributed by atoms with E-state index in [1.807, 2.05) is 64.1 Å². The largest absolute Gasteiger partial charge is 0.496 e. The van der Waals surface area contributed by atoms with Crippen LogP contribution in [0.5, 0.6) is 5.75 Å². The summed E-state index contributed by atoms with van der Waals surface area (Å²) in [6.07, 6.45) is 0.663. The summed E-state index contributed by atoms with van der Waals surface area (Å²) >= 11 is 0. The van der Waals surface area contributed by atoms with Crippen LogP contribution in [0.15, 0.2) is 54.6 Å². The average Bonchev–Trinajstić information content (AvgIpc) is 3.20. The first kappa shape index (κ1) is 28.5. The molecule has 2 saturated heterocycles. The molecule has 216 valence electrons. The molecule has 0 radical (unpaired) electrons. The number of pyridine rings is 1. The highest BCUT2D eigenvalue weighted by Crippen LogP contribution is 2.40. The van der Waals surface area contributed by atoms with Gasteiger partial charge >= 0.3 is 12.1 Å². The molecule has 2 fully saturated rings. The topological polar surface area (TPSA) is 81.2 Å². The lowest BCUT2D eigenvalue weighted by Crippen LogP contribution is -2.38. The van der Waals surface area contributed by atoms with Gasteiger partial charge in [-0.15, -0.1) is 0 Å². The van der Waals surface area contributed by atoms with Gasteiger partial charge in [0.05, 0.1) is 38.9 Å². The molecule has 1 aromatic heterocycles. The Kier molecular flexibility index (Phi) is 7.93. The van der Waals surface area contributed by atoms with E-state index in [-0.39, 0.29) is 37.2 Å². The van der Waals surface area contributed by atoms with E-state index in [1.165, 1.54) is 7.11 Å². The van der Waals surface area contributed by atoms with E-state index < -0.39 is 5.41 Å². The Morgan fingerprint density at radius 2 is 1.85 bits per heavy atom. The van der Waals surface area contributed by atoms with Gasteiger partial charge in [0, 0.05) is 29.6 Å². The minimum atomic E-state index is -0.465. The van der Waals surface area contributed by atoms with Gasteiger partial charge in [-0.25, -0.2) is 9.78 Å². The normalized spacial score (nSPS) is 18.6. The van der Waals surface area contributed by atoms with Gasteiger partial charge < -0.3 is 19.1 Å². The first-order chi connectivity index (χ1) is 19.6. The molecule has 2 atom stereocenters. The molecular weight excluding hydrogens is 518 g/mol.